The molecular formula is C10H10BrNO. The molecular weight excluding hydrogens is 230 g/mol. The van der Waals surface area contributed by atoms with Gasteiger partial charge >= 0.3 is 0 Å². The van der Waals surface area contributed by atoms with E-state index in [1.165, 1.54) is 0 Å². The van der Waals surface area contributed by atoms with Crippen LogP contribution < -0.4 is 4.90 Å². The highest BCUT2D eigenvalue weighted by molar-refractivity contribution is 9.09. The number of anilines is 1. The molecule has 1 aromatic heterocycles. The highest BCUT2D eigenvalue weighted by atomic mass is 79.9. The van der Waals surface area contributed by atoms with Gasteiger partial charge in [-0.15, -0.1) is 0 Å². The first kappa shape index (κ1) is 8.63. The summed E-state index contributed by atoms with van der Waals surface area (Å²) in [6, 6.07) is 8.03. The summed E-state index contributed by atoms with van der Waals surface area (Å²) in [7, 11) is 2.02. The van der Waals surface area contributed by atoms with Crippen LogP contribution in [0.15, 0.2) is 34.9 Å². The number of alkyl halides is 1. The van der Waals surface area contributed by atoms with E-state index >= 15 is 0 Å². The number of hydrogen-bond acceptors (Lipinski definition) is 2. The van der Waals surface area contributed by atoms with Crippen LogP contribution >= 0.6 is 15.9 Å². The molecule has 0 aliphatic carbocycles. The molecule has 0 aliphatic rings. The molecule has 0 spiro atoms. The fourth-order valence-corrected chi connectivity index (χ4v) is 1.59. The molecule has 0 unspecified atom stereocenters. The lowest BCUT2D eigenvalue weighted by Crippen LogP contribution is -2.12. The standard InChI is InChI=1S/C10H10BrNO/c1-12(7-11)9-6-13-10-5-3-2-4-8(9)10/h2-6H,7H2,1H3. The number of halogens is 1. The number of furan rings is 1. The Bertz CT molecular complexity index is 410. The van der Waals surface area contributed by atoms with Crippen LogP contribution in [0.25, 0.3) is 11.0 Å². The largest absolute Gasteiger partial charge is 0.462 e. The van der Waals surface area contributed by atoms with E-state index in [4.69, 9.17) is 4.42 Å². The summed E-state index contributed by atoms with van der Waals surface area (Å²) in [5.41, 5.74) is 2.86. The summed E-state index contributed by atoms with van der Waals surface area (Å²) in [5.74, 6) is 0. The molecule has 2 rings (SSSR count). The van der Waals surface area contributed by atoms with Gasteiger partial charge in [0.05, 0.1) is 11.1 Å². The van der Waals surface area contributed by atoms with Crippen LogP contribution in [0.1, 0.15) is 0 Å². The molecule has 1 aromatic carbocycles. The van der Waals surface area contributed by atoms with Gasteiger partial charge in [-0.2, -0.15) is 0 Å². The number of benzene rings is 1. The van der Waals surface area contributed by atoms with Gasteiger partial charge < -0.3 is 9.32 Å². The average molecular weight is 240 g/mol. The fourth-order valence-electron chi connectivity index (χ4n) is 1.32. The molecule has 0 saturated heterocycles. The zero-order valence-corrected chi connectivity index (χ0v) is 8.91. The topological polar surface area (TPSA) is 16.4 Å². The molecule has 2 aromatic rings. The number of nitrogens with zero attached hydrogens (tertiary/aromatic N) is 1. The Labute approximate surface area is 85.3 Å². The monoisotopic (exact) mass is 239 g/mol. The molecule has 0 amide bonds. The molecule has 1 heterocycles. The molecule has 0 N–H and O–H groups in total. The highest BCUT2D eigenvalue weighted by Crippen LogP contribution is 2.28. The summed E-state index contributed by atoms with van der Waals surface area (Å²) in [6.45, 7) is 0. The van der Waals surface area contributed by atoms with Crippen molar-refractivity contribution in [2.24, 2.45) is 0 Å². The predicted molar refractivity (Wildman–Crippen MR) is 58.4 cm³/mol. The molecule has 13 heavy (non-hydrogen) atoms. The maximum absolute atomic E-state index is 5.41. The van der Waals surface area contributed by atoms with E-state index in [1.54, 1.807) is 6.26 Å². The Morgan fingerprint density at radius 1 is 1.38 bits per heavy atom. The summed E-state index contributed by atoms with van der Waals surface area (Å²) >= 11 is 3.41. The zero-order chi connectivity index (χ0) is 9.26. The third kappa shape index (κ3) is 1.44. The van der Waals surface area contributed by atoms with E-state index in [9.17, 15) is 0 Å². The van der Waals surface area contributed by atoms with Crippen LogP contribution in [0.4, 0.5) is 5.69 Å². The van der Waals surface area contributed by atoms with Crippen LogP contribution in [0, 0.1) is 0 Å². The smallest absolute Gasteiger partial charge is 0.136 e. The van der Waals surface area contributed by atoms with Crippen molar-refractivity contribution in [1.29, 1.82) is 0 Å². The molecule has 3 heteroatoms. The van der Waals surface area contributed by atoms with Gasteiger partial charge in [0.25, 0.3) is 0 Å². The van der Waals surface area contributed by atoms with Crippen LogP contribution in [-0.2, 0) is 0 Å². The summed E-state index contributed by atoms with van der Waals surface area (Å²) in [6.07, 6.45) is 1.78. The lowest BCUT2D eigenvalue weighted by molar-refractivity contribution is 0.615. The lowest BCUT2D eigenvalue weighted by atomic mass is 10.2. The minimum absolute atomic E-state index is 0.802. The van der Waals surface area contributed by atoms with Gasteiger partial charge in [-0.05, 0) is 12.1 Å². The first-order valence-corrected chi connectivity index (χ1v) is 5.18. The second kappa shape index (κ2) is 3.42. The van der Waals surface area contributed by atoms with Crippen molar-refractivity contribution in [3.8, 4) is 0 Å². The van der Waals surface area contributed by atoms with Gasteiger partial charge in [0.15, 0.2) is 0 Å². The number of para-hydroxylation sites is 1. The van der Waals surface area contributed by atoms with Gasteiger partial charge in [0.2, 0.25) is 0 Å². The van der Waals surface area contributed by atoms with Crippen LogP contribution in [0.5, 0.6) is 0 Å². The van der Waals surface area contributed by atoms with E-state index < -0.39 is 0 Å². The van der Waals surface area contributed by atoms with E-state index in [0.717, 1.165) is 22.1 Å². The molecule has 0 atom stereocenters. The summed E-state index contributed by atoms with van der Waals surface area (Å²) in [4.78, 5) is 2.09. The van der Waals surface area contributed by atoms with Gasteiger partial charge in [-0.1, -0.05) is 28.1 Å². The molecule has 0 fully saturated rings. The molecule has 0 radical (unpaired) electrons. The number of fused-ring (bicyclic) bond motifs is 1. The fraction of sp³-hybridized carbons (Fsp3) is 0.200. The summed E-state index contributed by atoms with van der Waals surface area (Å²) in [5, 5.41) is 1.16. The molecule has 0 aliphatic heterocycles. The van der Waals surface area contributed by atoms with E-state index in [-0.39, 0.29) is 0 Å². The maximum Gasteiger partial charge on any atom is 0.136 e. The van der Waals surface area contributed by atoms with Crippen molar-refractivity contribution in [2.75, 3.05) is 17.4 Å². The Morgan fingerprint density at radius 3 is 2.92 bits per heavy atom. The molecule has 0 bridgehead atoms. The highest BCUT2D eigenvalue weighted by Gasteiger charge is 2.07. The first-order chi connectivity index (χ1) is 6.33. The Hall–Kier alpha value is -0.960. The minimum Gasteiger partial charge on any atom is -0.462 e. The van der Waals surface area contributed by atoms with Crippen molar-refractivity contribution < 1.29 is 4.42 Å². The van der Waals surface area contributed by atoms with Gasteiger partial charge in [-0.25, -0.2) is 0 Å². The van der Waals surface area contributed by atoms with E-state index in [2.05, 4.69) is 26.9 Å². The quantitative estimate of drug-likeness (QED) is 0.591. The predicted octanol–water partition coefficient (Wildman–Crippen LogP) is 3.22. The van der Waals surface area contributed by atoms with Crippen molar-refractivity contribution in [2.45, 2.75) is 0 Å². The molecule has 2 nitrogen and oxygen atoms in total. The lowest BCUT2D eigenvalue weighted by Gasteiger charge is -2.12. The summed E-state index contributed by atoms with van der Waals surface area (Å²) < 4.78 is 5.41. The number of rotatable bonds is 2. The van der Waals surface area contributed by atoms with Crippen molar-refractivity contribution in [3.63, 3.8) is 0 Å². The van der Waals surface area contributed by atoms with Gasteiger partial charge in [0.1, 0.15) is 11.8 Å². The van der Waals surface area contributed by atoms with Crippen LogP contribution in [-0.4, -0.2) is 12.5 Å². The zero-order valence-electron chi connectivity index (χ0n) is 7.33. The third-order valence-electron chi connectivity index (χ3n) is 2.05. The minimum atomic E-state index is 0.802. The van der Waals surface area contributed by atoms with Gasteiger partial charge in [-0.3, -0.25) is 0 Å². The Balaban J connectivity index is 2.57. The normalized spacial score (nSPS) is 10.6. The second-order valence-corrected chi connectivity index (χ2v) is 3.44. The molecule has 68 valence electrons. The van der Waals surface area contributed by atoms with Gasteiger partial charge in [0, 0.05) is 12.4 Å². The average Bonchev–Trinajstić information content (AvgIpc) is 2.60. The van der Waals surface area contributed by atoms with E-state index in [0.29, 0.717) is 0 Å². The Morgan fingerprint density at radius 2 is 2.15 bits per heavy atom. The van der Waals surface area contributed by atoms with Crippen molar-refractivity contribution in [1.82, 2.24) is 0 Å². The van der Waals surface area contributed by atoms with Crippen molar-refractivity contribution in [3.05, 3.63) is 30.5 Å². The third-order valence-corrected chi connectivity index (χ3v) is 2.80. The Kier molecular flexibility index (Phi) is 2.27. The maximum atomic E-state index is 5.41. The second-order valence-electron chi connectivity index (χ2n) is 2.93. The van der Waals surface area contributed by atoms with Crippen LogP contribution in [0.2, 0.25) is 0 Å². The molecule has 0 saturated carbocycles. The van der Waals surface area contributed by atoms with E-state index in [1.807, 2.05) is 25.2 Å². The van der Waals surface area contributed by atoms with Crippen LogP contribution in [0.3, 0.4) is 0 Å². The first-order valence-electron chi connectivity index (χ1n) is 4.06. The SMILES string of the molecule is CN(CBr)c1coc2ccccc12. The van der Waals surface area contributed by atoms with Crippen molar-refractivity contribution >= 4 is 32.6 Å². The number of hydrogen-bond donors (Lipinski definition) is 0.